The second kappa shape index (κ2) is 7.45. The fraction of sp³-hybridized carbons (Fsp3) is 0.556. The van der Waals surface area contributed by atoms with E-state index in [0.717, 1.165) is 32.1 Å². The number of rotatable bonds is 4. The molecule has 0 saturated heterocycles. The molecule has 0 spiro atoms. The van der Waals surface area contributed by atoms with Crippen molar-refractivity contribution in [3.05, 3.63) is 41.0 Å². The zero-order valence-corrected chi connectivity index (χ0v) is 13.1. The van der Waals surface area contributed by atoms with Crippen LogP contribution >= 0.6 is 0 Å². The topological polar surface area (TPSA) is 0 Å². The molecule has 1 aromatic rings. The Kier molecular flexibility index (Phi) is 5.82. The van der Waals surface area contributed by atoms with E-state index in [1.54, 1.807) is 0 Å². The third-order valence-corrected chi connectivity index (χ3v) is 4.56. The molecule has 23 heavy (non-hydrogen) atoms. The zero-order chi connectivity index (χ0) is 17.0. The molecule has 1 aliphatic rings. The Bertz CT molecular complexity index is 528. The summed E-state index contributed by atoms with van der Waals surface area (Å²) in [5.74, 6) is -1.10. The van der Waals surface area contributed by atoms with E-state index in [-0.39, 0.29) is 12.0 Å². The summed E-state index contributed by atoms with van der Waals surface area (Å²) in [5, 5.41) is 0. The van der Waals surface area contributed by atoms with Gasteiger partial charge in [-0.05, 0) is 61.3 Å². The van der Waals surface area contributed by atoms with Crippen LogP contribution in [0.15, 0.2) is 18.2 Å². The van der Waals surface area contributed by atoms with Crippen LogP contribution < -0.4 is 0 Å². The van der Waals surface area contributed by atoms with Gasteiger partial charge in [-0.3, -0.25) is 0 Å². The highest BCUT2D eigenvalue weighted by molar-refractivity contribution is 5.52. The fourth-order valence-electron chi connectivity index (χ4n) is 3.37. The first-order valence-corrected chi connectivity index (χ1v) is 8.05. The SMILES string of the molecule is CCCC1CCC(c2cc(F)c(C=CC(F)(F)F)c(F)c2)CC1. The predicted molar refractivity (Wildman–Crippen MR) is 81.1 cm³/mol. The van der Waals surface area contributed by atoms with Crippen molar-refractivity contribution in [2.75, 3.05) is 0 Å². The zero-order valence-electron chi connectivity index (χ0n) is 13.1. The molecule has 1 aromatic carbocycles. The van der Waals surface area contributed by atoms with Crippen LogP contribution in [-0.4, -0.2) is 6.18 Å². The summed E-state index contributed by atoms with van der Waals surface area (Å²) in [7, 11) is 0. The molecule has 0 N–H and O–H groups in total. The first kappa shape index (κ1) is 18.0. The average Bonchev–Trinajstić information content (AvgIpc) is 2.46. The van der Waals surface area contributed by atoms with Crippen molar-refractivity contribution in [1.29, 1.82) is 0 Å². The monoisotopic (exact) mass is 332 g/mol. The Morgan fingerprint density at radius 1 is 1.04 bits per heavy atom. The maximum absolute atomic E-state index is 14.0. The molecular formula is C18H21F5. The molecular weight excluding hydrogens is 311 g/mol. The Morgan fingerprint density at radius 3 is 2.09 bits per heavy atom. The van der Waals surface area contributed by atoms with E-state index < -0.39 is 23.4 Å². The third-order valence-electron chi connectivity index (χ3n) is 4.56. The van der Waals surface area contributed by atoms with E-state index in [1.165, 1.54) is 18.6 Å². The largest absolute Gasteiger partial charge is 0.409 e. The summed E-state index contributed by atoms with van der Waals surface area (Å²) >= 11 is 0. The van der Waals surface area contributed by atoms with E-state index in [9.17, 15) is 22.0 Å². The summed E-state index contributed by atoms with van der Waals surface area (Å²) in [6.07, 6.45) is 1.86. The molecule has 1 fully saturated rings. The minimum absolute atomic E-state index is 0.0905. The van der Waals surface area contributed by atoms with Crippen molar-refractivity contribution in [2.45, 2.75) is 57.5 Å². The second-order valence-corrected chi connectivity index (χ2v) is 6.28. The molecule has 1 aliphatic carbocycles. The van der Waals surface area contributed by atoms with Crippen LogP contribution in [0.4, 0.5) is 22.0 Å². The molecule has 0 nitrogen and oxygen atoms in total. The normalized spacial score (nSPS) is 22.7. The quantitative estimate of drug-likeness (QED) is 0.544. The van der Waals surface area contributed by atoms with Crippen molar-refractivity contribution in [3.8, 4) is 0 Å². The Balaban J connectivity index is 2.13. The highest BCUT2D eigenvalue weighted by Crippen LogP contribution is 2.38. The highest BCUT2D eigenvalue weighted by atomic mass is 19.4. The van der Waals surface area contributed by atoms with Crippen LogP contribution in [0.3, 0.4) is 0 Å². The molecule has 5 heteroatoms. The van der Waals surface area contributed by atoms with Crippen LogP contribution in [0.5, 0.6) is 0 Å². The lowest BCUT2D eigenvalue weighted by Crippen LogP contribution is -2.13. The molecule has 2 rings (SSSR count). The van der Waals surface area contributed by atoms with E-state index >= 15 is 0 Å². The van der Waals surface area contributed by atoms with Gasteiger partial charge in [-0.2, -0.15) is 13.2 Å². The maximum Gasteiger partial charge on any atom is 0.409 e. The summed E-state index contributed by atoms with van der Waals surface area (Å²) < 4.78 is 64.4. The van der Waals surface area contributed by atoms with Crippen molar-refractivity contribution in [1.82, 2.24) is 0 Å². The fourth-order valence-corrected chi connectivity index (χ4v) is 3.37. The minimum atomic E-state index is -4.59. The van der Waals surface area contributed by atoms with Crippen LogP contribution in [0.1, 0.15) is 62.5 Å². The van der Waals surface area contributed by atoms with Crippen LogP contribution in [0.25, 0.3) is 6.08 Å². The van der Waals surface area contributed by atoms with Gasteiger partial charge < -0.3 is 0 Å². The van der Waals surface area contributed by atoms with E-state index in [1.807, 2.05) is 0 Å². The molecule has 0 aromatic heterocycles. The van der Waals surface area contributed by atoms with Gasteiger partial charge in [0.25, 0.3) is 0 Å². The smallest absolute Gasteiger partial charge is 0.206 e. The number of allylic oxidation sites excluding steroid dienone is 1. The molecule has 0 unspecified atom stereocenters. The molecule has 128 valence electrons. The van der Waals surface area contributed by atoms with E-state index in [2.05, 4.69) is 6.92 Å². The molecule has 1 saturated carbocycles. The second-order valence-electron chi connectivity index (χ2n) is 6.28. The number of halogens is 5. The Morgan fingerprint density at radius 2 is 1.61 bits per heavy atom. The minimum Gasteiger partial charge on any atom is -0.206 e. The molecule has 0 bridgehead atoms. The first-order valence-electron chi connectivity index (χ1n) is 8.05. The lowest BCUT2D eigenvalue weighted by atomic mass is 9.77. The summed E-state index contributed by atoms with van der Waals surface area (Å²) in [5.41, 5.74) is -0.0788. The van der Waals surface area contributed by atoms with Gasteiger partial charge in [-0.1, -0.05) is 19.8 Å². The van der Waals surface area contributed by atoms with Crippen LogP contribution in [0.2, 0.25) is 0 Å². The van der Waals surface area contributed by atoms with Crippen molar-refractivity contribution >= 4 is 6.08 Å². The number of hydrogen-bond acceptors (Lipinski definition) is 0. The third kappa shape index (κ3) is 5.05. The van der Waals surface area contributed by atoms with Crippen molar-refractivity contribution in [3.63, 3.8) is 0 Å². The summed E-state index contributed by atoms with van der Waals surface area (Å²) in [6.45, 7) is 2.14. The lowest BCUT2D eigenvalue weighted by molar-refractivity contribution is -0.0790. The maximum atomic E-state index is 14.0. The molecule has 0 radical (unpaired) electrons. The van der Waals surface area contributed by atoms with Gasteiger partial charge >= 0.3 is 6.18 Å². The van der Waals surface area contributed by atoms with Gasteiger partial charge in [0.15, 0.2) is 0 Å². The van der Waals surface area contributed by atoms with Gasteiger partial charge in [0.2, 0.25) is 0 Å². The van der Waals surface area contributed by atoms with Crippen LogP contribution in [-0.2, 0) is 0 Å². The average molecular weight is 332 g/mol. The van der Waals surface area contributed by atoms with Crippen molar-refractivity contribution in [2.24, 2.45) is 5.92 Å². The predicted octanol–water partition coefficient (Wildman–Crippen LogP) is 6.61. The van der Waals surface area contributed by atoms with Gasteiger partial charge in [0, 0.05) is 11.6 Å². The van der Waals surface area contributed by atoms with Gasteiger partial charge in [0.1, 0.15) is 11.6 Å². The van der Waals surface area contributed by atoms with Crippen LogP contribution in [0, 0.1) is 17.6 Å². The molecule has 0 aliphatic heterocycles. The number of alkyl halides is 3. The van der Waals surface area contributed by atoms with Crippen molar-refractivity contribution < 1.29 is 22.0 Å². The number of benzene rings is 1. The summed E-state index contributed by atoms with van der Waals surface area (Å²) in [6, 6.07) is 2.37. The lowest BCUT2D eigenvalue weighted by Gasteiger charge is -2.28. The summed E-state index contributed by atoms with van der Waals surface area (Å²) in [4.78, 5) is 0. The molecule has 0 atom stereocenters. The van der Waals surface area contributed by atoms with E-state index in [4.69, 9.17) is 0 Å². The number of hydrogen-bond donors (Lipinski definition) is 0. The Labute approximate surface area is 133 Å². The van der Waals surface area contributed by atoms with E-state index in [0.29, 0.717) is 17.6 Å². The standard InChI is InChI=1S/C18H21F5/c1-2-3-12-4-6-13(7-5-12)14-10-16(19)15(17(20)11-14)8-9-18(21,22)23/h8-13H,2-7H2,1H3. The molecule has 0 heterocycles. The van der Waals surface area contributed by atoms with Gasteiger partial charge in [-0.15, -0.1) is 0 Å². The first-order chi connectivity index (χ1) is 10.8. The molecule has 0 amide bonds. The highest BCUT2D eigenvalue weighted by Gasteiger charge is 2.25. The Hall–Kier alpha value is -1.39. The van der Waals surface area contributed by atoms with Gasteiger partial charge in [-0.25, -0.2) is 8.78 Å². The van der Waals surface area contributed by atoms with Gasteiger partial charge in [0.05, 0.1) is 0 Å².